The molecule has 2 aromatic rings. The highest BCUT2D eigenvalue weighted by Crippen LogP contribution is 2.47. The smallest absolute Gasteiger partial charge is 0.253 e. The minimum absolute atomic E-state index is 0.0557. The number of benzene rings is 2. The van der Waals surface area contributed by atoms with Crippen LogP contribution in [0, 0.1) is 23.5 Å². The molecule has 0 aliphatic heterocycles. The molecule has 2 aromatic carbocycles. The zero-order valence-electron chi connectivity index (χ0n) is 12.5. The number of amides is 1. The van der Waals surface area contributed by atoms with Crippen LogP contribution in [0.5, 0.6) is 0 Å². The Morgan fingerprint density at radius 3 is 2.43 bits per heavy atom. The molecule has 0 radical (unpaired) electrons. The number of halogens is 3. The van der Waals surface area contributed by atoms with Crippen molar-refractivity contribution in [2.24, 2.45) is 11.8 Å². The van der Waals surface area contributed by atoms with Gasteiger partial charge in [-0.15, -0.1) is 0 Å². The standard InChI is InChI=1S/C18H16ClF2NO/c1-10-7-12(10)17(11-5-3-2-4-6-11)22-18(23)13-8-15(20)16(21)9-14(13)19/h2-6,8-10,12,17H,7H2,1H3,(H,22,23). The molecule has 120 valence electrons. The van der Waals surface area contributed by atoms with Crippen LogP contribution < -0.4 is 5.32 Å². The van der Waals surface area contributed by atoms with E-state index in [1.807, 2.05) is 30.3 Å². The summed E-state index contributed by atoms with van der Waals surface area (Å²) in [7, 11) is 0. The fourth-order valence-electron chi connectivity index (χ4n) is 2.83. The predicted molar refractivity (Wildman–Crippen MR) is 85.3 cm³/mol. The highest BCUT2D eigenvalue weighted by atomic mass is 35.5. The fraction of sp³-hybridized carbons (Fsp3) is 0.278. The molecule has 3 rings (SSSR count). The summed E-state index contributed by atoms with van der Waals surface area (Å²) < 4.78 is 26.5. The lowest BCUT2D eigenvalue weighted by Crippen LogP contribution is -2.30. The van der Waals surface area contributed by atoms with E-state index < -0.39 is 17.5 Å². The Balaban J connectivity index is 1.86. The van der Waals surface area contributed by atoms with E-state index in [0.29, 0.717) is 11.8 Å². The van der Waals surface area contributed by atoms with Crippen LogP contribution in [0.25, 0.3) is 0 Å². The molecule has 1 aliphatic rings. The topological polar surface area (TPSA) is 29.1 Å². The number of carbonyl (C=O) groups excluding carboxylic acids is 1. The normalized spacial score (nSPS) is 20.9. The lowest BCUT2D eigenvalue weighted by atomic mass is 10.0. The van der Waals surface area contributed by atoms with E-state index in [0.717, 1.165) is 24.1 Å². The minimum atomic E-state index is -1.09. The van der Waals surface area contributed by atoms with E-state index >= 15 is 0 Å². The second-order valence-electron chi connectivity index (χ2n) is 5.98. The Hall–Kier alpha value is -1.94. The summed E-state index contributed by atoms with van der Waals surface area (Å²) >= 11 is 5.88. The molecule has 0 saturated heterocycles. The van der Waals surface area contributed by atoms with Crippen LogP contribution in [0.3, 0.4) is 0 Å². The number of nitrogens with one attached hydrogen (secondary N) is 1. The van der Waals surface area contributed by atoms with Crippen molar-refractivity contribution in [3.8, 4) is 0 Å². The van der Waals surface area contributed by atoms with Crippen LogP contribution in [-0.4, -0.2) is 5.91 Å². The fourth-order valence-corrected chi connectivity index (χ4v) is 3.07. The zero-order valence-corrected chi connectivity index (χ0v) is 13.3. The molecular formula is C18H16ClF2NO. The van der Waals surface area contributed by atoms with Gasteiger partial charge in [0, 0.05) is 0 Å². The van der Waals surface area contributed by atoms with Gasteiger partial charge in [0.05, 0.1) is 16.6 Å². The third-order valence-corrected chi connectivity index (χ3v) is 4.61. The number of hydrogen-bond donors (Lipinski definition) is 1. The Bertz CT molecular complexity index is 735. The van der Waals surface area contributed by atoms with Gasteiger partial charge in [-0.25, -0.2) is 8.78 Å². The van der Waals surface area contributed by atoms with Crippen molar-refractivity contribution in [1.29, 1.82) is 0 Å². The zero-order chi connectivity index (χ0) is 16.6. The second-order valence-corrected chi connectivity index (χ2v) is 6.39. The Kier molecular flexibility index (Phi) is 4.35. The summed E-state index contributed by atoms with van der Waals surface area (Å²) in [5, 5.41) is 2.82. The summed E-state index contributed by atoms with van der Waals surface area (Å²) in [6, 6.07) is 11.1. The molecule has 5 heteroatoms. The minimum Gasteiger partial charge on any atom is -0.345 e. The summed E-state index contributed by atoms with van der Waals surface area (Å²) in [5.74, 6) is -1.80. The summed E-state index contributed by atoms with van der Waals surface area (Å²) in [5.41, 5.74) is 0.939. The molecule has 1 amide bonds. The maximum atomic E-state index is 13.4. The van der Waals surface area contributed by atoms with Gasteiger partial charge in [-0.3, -0.25) is 4.79 Å². The van der Waals surface area contributed by atoms with Crippen molar-refractivity contribution in [1.82, 2.24) is 5.32 Å². The monoisotopic (exact) mass is 335 g/mol. The average Bonchev–Trinajstić information content (AvgIpc) is 3.25. The lowest BCUT2D eigenvalue weighted by Gasteiger charge is -2.20. The molecule has 3 unspecified atom stereocenters. The summed E-state index contributed by atoms with van der Waals surface area (Å²) in [6.07, 6.45) is 1.02. The Labute approximate surface area is 138 Å². The van der Waals surface area contributed by atoms with E-state index in [1.165, 1.54) is 0 Å². The van der Waals surface area contributed by atoms with Crippen molar-refractivity contribution >= 4 is 17.5 Å². The third-order valence-electron chi connectivity index (χ3n) is 4.30. The molecule has 0 bridgehead atoms. The van der Waals surface area contributed by atoms with Gasteiger partial charge in [0.2, 0.25) is 0 Å². The van der Waals surface area contributed by atoms with E-state index in [1.54, 1.807) is 0 Å². The van der Waals surface area contributed by atoms with Gasteiger partial charge in [-0.05, 0) is 36.0 Å². The maximum absolute atomic E-state index is 13.4. The first-order chi connectivity index (χ1) is 11.0. The molecule has 1 saturated carbocycles. The second kappa shape index (κ2) is 6.28. The van der Waals surface area contributed by atoms with Crippen molar-refractivity contribution in [3.63, 3.8) is 0 Å². The Morgan fingerprint density at radius 1 is 1.22 bits per heavy atom. The molecular weight excluding hydrogens is 320 g/mol. The van der Waals surface area contributed by atoms with Crippen molar-refractivity contribution in [3.05, 3.63) is 70.2 Å². The SMILES string of the molecule is CC1CC1C(NC(=O)c1cc(F)c(F)cc1Cl)c1ccccc1. The van der Waals surface area contributed by atoms with E-state index in [9.17, 15) is 13.6 Å². The van der Waals surface area contributed by atoms with E-state index in [2.05, 4.69) is 12.2 Å². The molecule has 1 aliphatic carbocycles. The van der Waals surface area contributed by atoms with Crippen LogP contribution in [-0.2, 0) is 0 Å². The van der Waals surface area contributed by atoms with Gasteiger partial charge >= 0.3 is 0 Å². The maximum Gasteiger partial charge on any atom is 0.253 e. The van der Waals surface area contributed by atoms with Crippen LogP contribution >= 0.6 is 11.6 Å². The quantitative estimate of drug-likeness (QED) is 0.803. The third kappa shape index (κ3) is 3.37. The van der Waals surface area contributed by atoms with E-state index in [-0.39, 0.29) is 16.6 Å². The average molecular weight is 336 g/mol. The molecule has 0 spiro atoms. The van der Waals surface area contributed by atoms with Crippen molar-refractivity contribution < 1.29 is 13.6 Å². The highest BCUT2D eigenvalue weighted by molar-refractivity contribution is 6.33. The van der Waals surface area contributed by atoms with E-state index in [4.69, 9.17) is 11.6 Å². The first kappa shape index (κ1) is 15.9. The van der Waals surface area contributed by atoms with Gasteiger partial charge in [-0.2, -0.15) is 0 Å². The first-order valence-corrected chi connectivity index (χ1v) is 7.85. The van der Waals surface area contributed by atoms with Gasteiger partial charge in [-0.1, -0.05) is 48.9 Å². The molecule has 23 heavy (non-hydrogen) atoms. The van der Waals surface area contributed by atoms with Crippen LogP contribution in [0.15, 0.2) is 42.5 Å². The summed E-state index contributed by atoms with van der Waals surface area (Å²) in [4.78, 5) is 12.5. The number of rotatable bonds is 4. The largest absolute Gasteiger partial charge is 0.345 e. The van der Waals surface area contributed by atoms with Gasteiger partial charge in [0.25, 0.3) is 5.91 Å². The van der Waals surface area contributed by atoms with Crippen molar-refractivity contribution in [2.75, 3.05) is 0 Å². The highest BCUT2D eigenvalue weighted by Gasteiger charge is 2.41. The molecule has 1 fully saturated rings. The van der Waals surface area contributed by atoms with Gasteiger partial charge in [0.15, 0.2) is 11.6 Å². The van der Waals surface area contributed by atoms with Crippen LogP contribution in [0.1, 0.15) is 35.3 Å². The number of hydrogen-bond acceptors (Lipinski definition) is 1. The molecule has 2 nitrogen and oxygen atoms in total. The lowest BCUT2D eigenvalue weighted by molar-refractivity contribution is 0.0930. The van der Waals surface area contributed by atoms with Crippen molar-refractivity contribution in [2.45, 2.75) is 19.4 Å². The van der Waals surface area contributed by atoms with Gasteiger partial charge < -0.3 is 5.32 Å². The van der Waals surface area contributed by atoms with Crippen LogP contribution in [0.4, 0.5) is 8.78 Å². The van der Waals surface area contributed by atoms with Crippen LogP contribution in [0.2, 0.25) is 5.02 Å². The molecule has 1 N–H and O–H groups in total. The first-order valence-electron chi connectivity index (χ1n) is 7.47. The number of carbonyl (C=O) groups is 1. The predicted octanol–water partition coefficient (Wildman–Crippen LogP) is 4.75. The van der Waals surface area contributed by atoms with Gasteiger partial charge in [0.1, 0.15) is 0 Å². The molecule has 0 heterocycles. The molecule has 0 aromatic heterocycles. The summed E-state index contributed by atoms with van der Waals surface area (Å²) in [6.45, 7) is 2.12. The molecule has 3 atom stereocenters. The Morgan fingerprint density at radius 2 is 1.83 bits per heavy atom.